The first-order valence-corrected chi connectivity index (χ1v) is 7.01. The third-order valence-electron chi connectivity index (χ3n) is 2.57. The lowest BCUT2D eigenvalue weighted by Gasteiger charge is -2.19. The normalized spacial score (nSPS) is 10.7. The highest BCUT2D eigenvalue weighted by atomic mass is 16.6. The molecule has 2 amide bonds. The topological polar surface area (TPSA) is 93.2 Å². The summed E-state index contributed by atoms with van der Waals surface area (Å²) in [6.07, 6.45) is 3.93. The first-order chi connectivity index (χ1) is 10.8. The molecule has 0 spiro atoms. The van der Waals surface area contributed by atoms with Crippen molar-refractivity contribution in [2.24, 2.45) is 0 Å². The van der Waals surface area contributed by atoms with Crippen LogP contribution in [-0.4, -0.2) is 27.6 Å². The second kappa shape index (κ2) is 6.87. The van der Waals surface area contributed by atoms with E-state index in [0.29, 0.717) is 17.1 Å². The van der Waals surface area contributed by atoms with E-state index < -0.39 is 11.7 Å². The molecule has 0 aliphatic heterocycles. The van der Waals surface area contributed by atoms with Crippen LogP contribution >= 0.6 is 0 Å². The summed E-state index contributed by atoms with van der Waals surface area (Å²) in [6.45, 7) is 5.32. The zero-order valence-corrected chi connectivity index (χ0v) is 13.2. The Bertz CT molecular complexity index is 679. The lowest BCUT2D eigenvalue weighted by molar-refractivity contribution is 0.0635. The summed E-state index contributed by atoms with van der Waals surface area (Å²) in [4.78, 5) is 31.5. The van der Waals surface area contributed by atoms with Gasteiger partial charge >= 0.3 is 6.09 Å². The Morgan fingerprint density at radius 1 is 1.09 bits per heavy atom. The Labute approximate surface area is 134 Å². The maximum absolute atomic E-state index is 12.0. The number of pyridine rings is 2. The molecule has 0 aliphatic rings. The van der Waals surface area contributed by atoms with Crippen LogP contribution in [0.25, 0.3) is 0 Å². The van der Waals surface area contributed by atoms with Gasteiger partial charge in [-0.05, 0) is 45.0 Å². The molecule has 2 rings (SSSR count). The molecule has 2 aromatic rings. The average molecular weight is 314 g/mol. The van der Waals surface area contributed by atoms with E-state index in [1.807, 2.05) is 0 Å². The van der Waals surface area contributed by atoms with Gasteiger partial charge in [0.05, 0.1) is 17.4 Å². The first kappa shape index (κ1) is 16.4. The summed E-state index contributed by atoms with van der Waals surface area (Å²) < 4.78 is 5.13. The van der Waals surface area contributed by atoms with E-state index in [-0.39, 0.29) is 5.91 Å². The third-order valence-corrected chi connectivity index (χ3v) is 2.57. The van der Waals surface area contributed by atoms with Crippen LogP contribution in [0, 0.1) is 0 Å². The van der Waals surface area contributed by atoms with Crippen molar-refractivity contribution in [3.63, 3.8) is 0 Å². The average Bonchev–Trinajstić information content (AvgIpc) is 2.48. The monoisotopic (exact) mass is 314 g/mol. The minimum absolute atomic E-state index is 0.284. The summed E-state index contributed by atoms with van der Waals surface area (Å²) in [7, 11) is 0. The van der Waals surface area contributed by atoms with E-state index in [0.717, 1.165) is 0 Å². The summed E-state index contributed by atoms with van der Waals surface area (Å²) >= 11 is 0. The van der Waals surface area contributed by atoms with E-state index in [9.17, 15) is 9.59 Å². The number of anilines is 2. The van der Waals surface area contributed by atoms with Gasteiger partial charge in [-0.3, -0.25) is 15.1 Å². The van der Waals surface area contributed by atoms with Gasteiger partial charge in [-0.15, -0.1) is 0 Å². The number of rotatable bonds is 3. The molecule has 2 aromatic heterocycles. The molecule has 0 bridgehead atoms. The van der Waals surface area contributed by atoms with E-state index in [4.69, 9.17) is 4.74 Å². The third kappa shape index (κ3) is 5.39. The number of ether oxygens (including phenoxy) is 1. The highest BCUT2D eigenvalue weighted by Crippen LogP contribution is 2.13. The van der Waals surface area contributed by atoms with Gasteiger partial charge in [0.1, 0.15) is 11.4 Å². The molecule has 2 heterocycles. The predicted molar refractivity (Wildman–Crippen MR) is 86.3 cm³/mol. The number of nitrogens with one attached hydrogen (secondary N) is 2. The number of aromatic nitrogens is 2. The van der Waals surface area contributed by atoms with Crippen LogP contribution in [0.5, 0.6) is 0 Å². The van der Waals surface area contributed by atoms with E-state index in [1.165, 1.54) is 12.4 Å². The Morgan fingerprint density at radius 3 is 2.43 bits per heavy atom. The van der Waals surface area contributed by atoms with E-state index in [2.05, 4.69) is 20.6 Å². The second-order valence-corrected chi connectivity index (χ2v) is 5.75. The first-order valence-electron chi connectivity index (χ1n) is 7.01. The molecular weight excluding hydrogens is 296 g/mol. The van der Waals surface area contributed by atoms with Crippen LogP contribution in [0.15, 0.2) is 42.9 Å². The zero-order valence-electron chi connectivity index (χ0n) is 13.2. The summed E-state index contributed by atoms with van der Waals surface area (Å²) in [5.74, 6) is 0.0476. The minimum Gasteiger partial charge on any atom is -0.444 e. The van der Waals surface area contributed by atoms with Gasteiger partial charge in [0.25, 0.3) is 5.91 Å². The number of carbonyl (C=O) groups excluding carboxylic acids is 2. The summed E-state index contributed by atoms with van der Waals surface area (Å²) in [6, 6.07) is 6.55. The number of amides is 2. The van der Waals surface area contributed by atoms with Crippen molar-refractivity contribution in [2.45, 2.75) is 26.4 Å². The Balaban J connectivity index is 1.95. The Morgan fingerprint density at radius 2 is 1.87 bits per heavy atom. The fourth-order valence-electron chi connectivity index (χ4n) is 1.65. The molecule has 7 heteroatoms. The number of hydrogen-bond acceptors (Lipinski definition) is 5. The van der Waals surface area contributed by atoms with Gasteiger partial charge in [-0.2, -0.15) is 0 Å². The molecule has 0 saturated heterocycles. The van der Waals surface area contributed by atoms with Gasteiger partial charge < -0.3 is 10.1 Å². The molecule has 23 heavy (non-hydrogen) atoms. The smallest absolute Gasteiger partial charge is 0.413 e. The van der Waals surface area contributed by atoms with Crippen LogP contribution in [0.1, 0.15) is 31.1 Å². The van der Waals surface area contributed by atoms with Crippen molar-refractivity contribution >= 4 is 23.5 Å². The maximum Gasteiger partial charge on any atom is 0.413 e. The molecule has 2 N–H and O–H groups in total. The van der Waals surface area contributed by atoms with Gasteiger partial charge in [-0.1, -0.05) is 0 Å². The van der Waals surface area contributed by atoms with Crippen LogP contribution < -0.4 is 10.6 Å². The van der Waals surface area contributed by atoms with Gasteiger partial charge in [0.2, 0.25) is 0 Å². The molecule has 0 fully saturated rings. The molecule has 0 aliphatic carbocycles. The standard InChI is InChI=1S/C16H18N4O3/c1-16(2,3)23-15(22)20-13-7-6-12(10-18-13)19-14(21)11-5-4-8-17-9-11/h4-10H,1-3H3,(H,19,21)(H,18,20,22). The fraction of sp³-hybridized carbons (Fsp3) is 0.250. The molecule has 0 aromatic carbocycles. The summed E-state index contributed by atoms with van der Waals surface area (Å²) in [5, 5.41) is 5.21. The van der Waals surface area contributed by atoms with Crippen molar-refractivity contribution < 1.29 is 14.3 Å². The maximum atomic E-state index is 12.0. The zero-order chi connectivity index (χ0) is 16.9. The quantitative estimate of drug-likeness (QED) is 0.908. The van der Waals surface area contributed by atoms with Crippen molar-refractivity contribution in [2.75, 3.05) is 10.6 Å². The second-order valence-electron chi connectivity index (χ2n) is 5.75. The van der Waals surface area contributed by atoms with Gasteiger partial charge in [0.15, 0.2) is 0 Å². The highest BCUT2D eigenvalue weighted by Gasteiger charge is 2.16. The molecule has 0 saturated carbocycles. The predicted octanol–water partition coefficient (Wildman–Crippen LogP) is 3.08. The van der Waals surface area contributed by atoms with Gasteiger partial charge in [0, 0.05) is 12.4 Å². The molecule has 0 unspecified atom stereocenters. The molecule has 120 valence electrons. The van der Waals surface area contributed by atoms with E-state index in [1.54, 1.807) is 51.2 Å². The lowest BCUT2D eigenvalue weighted by atomic mass is 10.2. The lowest BCUT2D eigenvalue weighted by Crippen LogP contribution is -2.27. The van der Waals surface area contributed by atoms with Gasteiger partial charge in [-0.25, -0.2) is 9.78 Å². The molecule has 0 atom stereocenters. The number of carbonyl (C=O) groups is 2. The molecule has 0 radical (unpaired) electrons. The fourth-order valence-corrected chi connectivity index (χ4v) is 1.65. The minimum atomic E-state index is -0.586. The molecule has 7 nitrogen and oxygen atoms in total. The summed E-state index contributed by atoms with van der Waals surface area (Å²) in [5.41, 5.74) is 0.374. The van der Waals surface area contributed by atoms with Crippen LogP contribution in [-0.2, 0) is 4.74 Å². The Hall–Kier alpha value is -2.96. The number of hydrogen-bond donors (Lipinski definition) is 2. The van der Waals surface area contributed by atoms with Crippen LogP contribution in [0.2, 0.25) is 0 Å². The highest BCUT2D eigenvalue weighted by molar-refractivity contribution is 6.04. The van der Waals surface area contributed by atoms with Crippen molar-refractivity contribution in [1.82, 2.24) is 9.97 Å². The van der Waals surface area contributed by atoms with Crippen LogP contribution in [0.4, 0.5) is 16.3 Å². The molecular formula is C16H18N4O3. The van der Waals surface area contributed by atoms with E-state index >= 15 is 0 Å². The number of nitrogens with zero attached hydrogens (tertiary/aromatic N) is 2. The Kier molecular flexibility index (Phi) is 4.90. The van der Waals surface area contributed by atoms with Crippen molar-refractivity contribution in [3.8, 4) is 0 Å². The SMILES string of the molecule is CC(C)(C)OC(=O)Nc1ccc(NC(=O)c2cccnc2)cn1. The van der Waals surface area contributed by atoms with Crippen molar-refractivity contribution in [3.05, 3.63) is 48.4 Å². The van der Waals surface area contributed by atoms with Crippen LogP contribution in [0.3, 0.4) is 0 Å². The largest absolute Gasteiger partial charge is 0.444 e. The van der Waals surface area contributed by atoms with Crippen molar-refractivity contribution in [1.29, 1.82) is 0 Å².